The molecule has 2 aromatic carbocycles. The second-order valence-corrected chi connectivity index (χ2v) is 5.36. The molecule has 0 aliphatic rings. The van der Waals surface area contributed by atoms with E-state index in [-0.39, 0.29) is 12.5 Å². The molecule has 1 heterocycles. The summed E-state index contributed by atoms with van der Waals surface area (Å²) >= 11 is 0. The van der Waals surface area contributed by atoms with Crippen LogP contribution in [-0.2, 0) is 6.54 Å². The van der Waals surface area contributed by atoms with Crippen LogP contribution in [0.15, 0.2) is 71.8 Å². The standard InChI is InChI=1S/C19H16FN3O2/c1-2-12-23(19(24)15-8-10-16(20)11-9-15)13-17-21-18(22-25-17)14-6-4-3-5-7-14/h2-11H,1,12-13H2. The summed E-state index contributed by atoms with van der Waals surface area (Å²) in [7, 11) is 0. The first-order valence-electron chi connectivity index (χ1n) is 7.71. The fraction of sp³-hybridized carbons (Fsp3) is 0.105. The summed E-state index contributed by atoms with van der Waals surface area (Å²) in [6.07, 6.45) is 1.61. The minimum atomic E-state index is -0.392. The van der Waals surface area contributed by atoms with Crippen molar-refractivity contribution < 1.29 is 13.7 Å². The van der Waals surface area contributed by atoms with Crippen LogP contribution in [0.5, 0.6) is 0 Å². The lowest BCUT2D eigenvalue weighted by molar-refractivity contribution is 0.0745. The molecule has 3 aromatic rings. The van der Waals surface area contributed by atoms with Crippen LogP contribution in [0.4, 0.5) is 4.39 Å². The molecule has 0 bridgehead atoms. The highest BCUT2D eigenvalue weighted by Gasteiger charge is 2.18. The lowest BCUT2D eigenvalue weighted by atomic mass is 10.2. The van der Waals surface area contributed by atoms with Crippen molar-refractivity contribution in [3.63, 3.8) is 0 Å². The number of halogens is 1. The fourth-order valence-electron chi connectivity index (χ4n) is 2.34. The maximum absolute atomic E-state index is 13.0. The van der Waals surface area contributed by atoms with Gasteiger partial charge in [-0.2, -0.15) is 4.98 Å². The Bertz CT molecular complexity index is 860. The summed E-state index contributed by atoms with van der Waals surface area (Å²) in [5, 5.41) is 3.94. The van der Waals surface area contributed by atoms with E-state index in [1.807, 2.05) is 30.3 Å². The predicted octanol–water partition coefficient (Wildman–Crippen LogP) is 3.70. The highest BCUT2D eigenvalue weighted by atomic mass is 19.1. The van der Waals surface area contributed by atoms with Gasteiger partial charge in [0.1, 0.15) is 12.4 Å². The third kappa shape index (κ3) is 3.98. The second kappa shape index (κ2) is 7.53. The van der Waals surface area contributed by atoms with Gasteiger partial charge in [0.25, 0.3) is 5.91 Å². The molecule has 25 heavy (non-hydrogen) atoms. The highest BCUT2D eigenvalue weighted by molar-refractivity contribution is 5.94. The van der Waals surface area contributed by atoms with E-state index < -0.39 is 5.82 Å². The highest BCUT2D eigenvalue weighted by Crippen LogP contribution is 2.16. The van der Waals surface area contributed by atoms with Crippen LogP contribution in [0.3, 0.4) is 0 Å². The molecule has 0 spiro atoms. The van der Waals surface area contributed by atoms with Crippen molar-refractivity contribution in [3.8, 4) is 11.4 Å². The quantitative estimate of drug-likeness (QED) is 0.644. The molecular formula is C19H16FN3O2. The van der Waals surface area contributed by atoms with E-state index in [9.17, 15) is 9.18 Å². The Morgan fingerprint density at radius 2 is 1.88 bits per heavy atom. The van der Waals surface area contributed by atoms with Gasteiger partial charge in [0, 0.05) is 17.7 Å². The predicted molar refractivity (Wildman–Crippen MR) is 91.1 cm³/mol. The van der Waals surface area contributed by atoms with Crippen molar-refractivity contribution in [2.24, 2.45) is 0 Å². The van der Waals surface area contributed by atoms with E-state index in [4.69, 9.17) is 4.52 Å². The lowest BCUT2D eigenvalue weighted by Gasteiger charge is -2.19. The van der Waals surface area contributed by atoms with E-state index in [0.29, 0.717) is 23.8 Å². The molecule has 3 rings (SSSR count). The van der Waals surface area contributed by atoms with Crippen molar-refractivity contribution in [1.29, 1.82) is 0 Å². The number of hydrogen-bond acceptors (Lipinski definition) is 4. The van der Waals surface area contributed by atoms with Crippen molar-refractivity contribution in [2.45, 2.75) is 6.54 Å². The molecule has 0 atom stereocenters. The summed E-state index contributed by atoms with van der Waals surface area (Å²) in [6, 6.07) is 14.8. The Hall–Kier alpha value is -3.28. The van der Waals surface area contributed by atoms with Gasteiger partial charge >= 0.3 is 0 Å². The monoisotopic (exact) mass is 337 g/mol. The molecule has 0 fully saturated rings. The largest absolute Gasteiger partial charge is 0.337 e. The lowest BCUT2D eigenvalue weighted by Crippen LogP contribution is -2.30. The summed E-state index contributed by atoms with van der Waals surface area (Å²) in [6.45, 7) is 4.11. The van der Waals surface area contributed by atoms with Gasteiger partial charge in [-0.25, -0.2) is 4.39 Å². The first-order valence-corrected chi connectivity index (χ1v) is 7.71. The summed E-state index contributed by atoms with van der Waals surface area (Å²) in [4.78, 5) is 18.4. The molecule has 0 aliphatic carbocycles. The van der Waals surface area contributed by atoms with Crippen molar-refractivity contribution in [2.75, 3.05) is 6.54 Å². The van der Waals surface area contributed by atoms with Crippen LogP contribution in [0, 0.1) is 5.82 Å². The summed E-state index contributed by atoms with van der Waals surface area (Å²) in [5.74, 6) is 0.120. The maximum atomic E-state index is 13.0. The van der Waals surface area contributed by atoms with Gasteiger partial charge in [-0.15, -0.1) is 6.58 Å². The Balaban J connectivity index is 1.78. The van der Waals surface area contributed by atoms with Crippen molar-refractivity contribution in [3.05, 3.63) is 84.5 Å². The zero-order valence-electron chi connectivity index (χ0n) is 13.4. The van der Waals surface area contributed by atoms with Gasteiger partial charge in [-0.3, -0.25) is 4.79 Å². The molecule has 0 saturated heterocycles. The van der Waals surface area contributed by atoms with Crippen LogP contribution in [0.25, 0.3) is 11.4 Å². The first kappa shape index (κ1) is 16.6. The molecular weight excluding hydrogens is 321 g/mol. The van der Waals surface area contributed by atoms with Gasteiger partial charge in [0.2, 0.25) is 11.7 Å². The number of nitrogens with zero attached hydrogens (tertiary/aromatic N) is 3. The molecule has 126 valence electrons. The van der Waals surface area contributed by atoms with Crippen LogP contribution < -0.4 is 0 Å². The van der Waals surface area contributed by atoms with E-state index in [2.05, 4.69) is 16.7 Å². The van der Waals surface area contributed by atoms with Crippen molar-refractivity contribution in [1.82, 2.24) is 15.0 Å². The smallest absolute Gasteiger partial charge is 0.254 e. The average Bonchev–Trinajstić information content (AvgIpc) is 3.11. The number of hydrogen-bond donors (Lipinski definition) is 0. The molecule has 1 aromatic heterocycles. The molecule has 6 heteroatoms. The van der Waals surface area contributed by atoms with Gasteiger partial charge < -0.3 is 9.42 Å². The first-order chi connectivity index (χ1) is 12.2. The Morgan fingerprint density at radius 1 is 1.16 bits per heavy atom. The molecule has 0 unspecified atom stereocenters. The van der Waals surface area contributed by atoms with Gasteiger partial charge in [-0.05, 0) is 24.3 Å². The summed E-state index contributed by atoms with van der Waals surface area (Å²) < 4.78 is 18.3. The van der Waals surface area contributed by atoms with Crippen LogP contribution in [0.1, 0.15) is 16.2 Å². The minimum absolute atomic E-state index is 0.141. The number of rotatable bonds is 6. The Morgan fingerprint density at radius 3 is 2.56 bits per heavy atom. The Labute approximate surface area is 144 Å². The van der Waals surface area contributed by atoms with E-state index in [1.54, 1.807) is 6.08 Å². The van der Waals surface area contributed by atoms with Crippen molar-refractivity contribution >= 4 is 5.91 Å². The maximum Gasteiger partial charge on any atom is 0.254 e. The fourth-order valence-corrected chi connectivity index (χ4v) is 2.34. The van der Waals surface area contributed by atoms with Crippen LogP contribution >= 0.6 is 0 Å². The molecule has 1 amide bonds. The number of amides is 1. The van der Waals surface area contributed by atoms with Crippen LogP contribution in [-0.4, -0.2) is 27.5 Å². The topological polar surface area (TPSA) is 59.2 Å². The second-order valence-electron chi connectivity index (χ2n) is 5.36. The van der Waals surface area contributed by atoms with Gasteiger partial charge in [-0.1, -0.05) is 41.6 Å². The third-order valence-electron chi connectivity index (χ3n) is 3.55. The molecule has 0 N–H and O–H groups in total. The molecule has 0 aliphatic heterocycles. The minimum Gasteiger partial charge on any atom is -0.337 e. The molecule has 0 radical (unpaired) electrons. The average molecular weight is 337 g/mol. The SMILES string of the molecule is C=CCN(Cc1nc(-c2ccccc2)no1)C(=O)c1ccc(F)cc1. The van der Waals surface area contributed by atoms with E-state index in [0.717, 1.165) is 5.56 Å². The number of aromatic nitrogens is 2. The number of carbonyl (C=O) groups excluding carboxylic acids is 1. The number of benzene rings is 2. The molecule has 0 saturated carbocycles. The Kier molecular flexibility index (Phi) is 4.99. The number of carbonyl (C=O) groups is 1. The molecule has 5 nitrogen and oxygen atoms in total. The zero-order valence-corrected chi connectivity index (χ0v) is 13.4. The van der Waals surface area contributed by atoms with E-state index in [1.165, 1.54) is 29.2 Å². The third-order valence-corrected chi connectivity index (χ3v) is 3.55. The van der Waals surface area contributed by atoms with Gasteiger partial charge in [0.05, 0.1) is 0 Å². The van der Waals surface area contributed by atoms with Crippen LogP contribution in [0.2, 0.25) is 0 Å². The summed E-state index contributed by atoms with van der Waals surface area (Å²) in [5.41, 5.74) is 1.21. The van der Waals surface area contributed by atoms with E-state index >= 15 is 0 Å². The normalized spacial score (nSPS) is 10.4. The zero-order chi connectivity index (χ0) is 17.6. The van der Waals surface area contributed by atoms with Gasteiger partial charge in [0.15, 0.2) is 0 Å².